The van der Waals surface area contributed by atoms with Gasteiger partial charge in [0.05, 0.1) is 12.1 Å². The van der Waals surface area contributed by atoms with Crippen molar-refractivity contribution < 1.29 is 5.11 Å². The molecule has 0 aliphatic heterocycles. The summed E-state index contributed by atoms with van der Waals surface area (Å²) in [5, 5.41) is 19.4. The molecule has 4 unspecified atom stereocenters. The summed E-state index contributed by atoms with van der Waals surface area (Å²) in [5.41, 5.74) is 16.5. The predicted octanol–water partition coefficient (Wildman–Crippen LogP) is 11.6. The normalized spacial score (nSPS) is 16.7. The maximum absolute atomic E-state index is 10.8. The maximum atomic E-state index is 10.8. The van der Waals surface area contributed by atoms with Crippen molar-refractivity contribution in [2.45, 2.75) is 99.1 Å². The van der Waals surface area contributed by atoms with Crippen LogP contribution in [0.1, 0.15) is 95.5 Å². The van der Waals surface area contributed by atoms with Crippen LogP contribution in [0.25, 0.3) is 22.4 Å². The standard InChI is InChI=1S/C53H60N2O/c1-33-28-36(4)51(37(5)29-33)40(8)35(3)32-41-18-20-42(21-19-41)52(43-22-24-44(25-23-43)55(9)53-38(6)30-34(2)31-39(53)7)47-26-27-48(46-15-11-10-14-45(46)47)54-49-16-12-13-17-50(49)56/h10-11,14-15,18-32,35,40,49-50,54,56H,12-13,16-17H2,1-9H3. The molecule has 1 fully saturated rings. The topological polar surface area (TPSA) is 35.5 Å². The van der Waals surface area contributed by atoms with E-state index in [-0.39, 0.29) is 12.1 Å². The summed E-state index contributed by atoms with van der Waals surface area (Å²) in [6.07, 6.45) is 6.20. The molecule has 0 aromatic heterocycles. The highest BCUT2D eigenvalue weighted by atomic mass is 16.3. The van der Waals surface area contributed by atoms with Gasteiger partial charge in [0, 0.05) is 29.5 Å². The lowest BCUT2D eigenvalue weighted by Gasteiger charge is -2.30. The quantitative estimate of drug-likeness (QED) is 0.155. The van der Waals surface area contributed by atoms with Crippen LogP contribution in [0, 0.1) is 47.5 Å². The Hall–Kier alpha value is -5.12. The molecule has 3 heteroatoms. The Kier molecular flexibility index (Phi) is 11.6. The van der Waals surface area contributed by atoms with Crippen molar-refractivity contribution in [3.05, 3.63) is 170 Å². The van der Waals surface area contributed by atoms with Crippen molar-refractivity contribution in [1.82, 2.24) is 0 Å². The second-order valence-corrected chi connectivity index (χ2v) is 16.8. The van der Waals surface area contributed by atoms with Crippen LogP contribution in [0.4, 0.5) is 17.1 Å². The molecular formula is C53H60N2O. The lowest BCUT2D eigenvalue weighted by molar-refractivity contribution is 0.116. The van der Waals surface area contributed by atoms with Gasteiger partial charge in [-0.25, -0.2) is 0 Å². The highest BCUT2D eigenvalue weighted by Gasteiger charge is 2.24. The minimum Gasteiger partial charge on any atom is -0.391 e. The minimum atomic E-state index is -0.320. The van der Waals surface area contributed by atoms with E-state index in [9.17, 15) is 5.11 Å². The first-order valence-electron chi connectivity index (χ1n) is 20.7. The zero-order valence-corrected chi connectivity index (χ0v) is 35.0. The van der Waals surface area contributed by atoms with Gasteiger partial charge in [-0.1, -0.05) is 135 Å². The zero-order valence-electron chi connectivity index (χ0n) is 35.0. The summed E-state index contributed by atoms with van der Waals surface area (Å²) < 4.78 is 0. The average molecular weight is 741 g/mol. The molecule has 0 spiro atoms. The summed E-state index contributed by atoms with van der Waals surface area (Å²) in [4.78, 5) is 2.31. The van der Waals surface area contributed by atoms with Crippen molar-refractivity contribution in [3.63, 3.8) is 0 Å². The first-order valence-corrected chi connectivity index (χ1v) is 20.7. The number of aliphatic hydroxyl groups is 1. The Morgan fingerprint density at radius 1 is 0.696 bits per heavy atom. The Morgan fingerprint density at radius 2 is 1.29 bits per heavy atom. The lowest BCUT2D eigenvalue weighted by atomic mass is 9.82. The number of nitrogens with one attached hydrogen (secondary N) is 1. The fourth-order valence-electron chi connectivity index (χ4n) is 9.66. The first-order chi connectivity index (χ1) is 26.9. The molecule has 0 radical (unpaired) electrons. The summed E-state index contributed by atoms with van der Waals surface area (Å²) in [7, 11) is 2.17. The van der Waals surface area contributed by atoms with Gasteiger partial charge in [0.2, 0.25) is 0 Å². The third-order valence-electron chi connectivity index (χ3n) is 12.4. The summed E-state index contributed by atoms with van der Waals surface area (Å²) in [6.45, 7) is 18.0. The molecule has 2 N–H and O–H groups in total. The molecule has 1 saturated carbocycles. The van der Waals surface area contributed by atoms with Crippen LogP contribution in [0.15, 0.2) is 109 Å². The van der Waals surface area contributed by atoms with E-state index in [1.807, 2.05) is 0 Å². The Morgan fingerprint density at radius 3 is 1.91 bits per heavy atom. The number of fused-ring (bicyclic) bond motifs is 1. The SMILES string of the molecule is Cc1cc(C)c(C(C)C(C)C=c2ccc(=C(c3ccc(N(C)c4c(C)cc(C)cc4C)cc3)c3ccc(NC4CCCCC4O)c4ccccc34)cc2)c(C)c1. The molecule has 4 atom stereocenters. The number of aliphatic hydroxyl groups excluding tert-OH is 1. The molecule has 0 saturated heterocycles. The molecule has 6 aromatic rings. The van der Waals surface area contributed by atoms with Gasteiger partial charge in [-0.2, -0.15) is 0 Å². The van der Waals surface area contributed by atoms with Crippen LogP contribution < -0.4 is 20.7 Å². The van der Waals surface area contributed by atoms with E-state index >= 15 is 0 Å². The molecule has 6 aromatic carbocycles. The molecule has 0 bridgehead atoms. The van der Waals surface area contributed by atoms with Crippen LogP contribution in [0.5, 0.6) is 0 Å². The van der Waals surface area contributed by atoms with Crippen LogP contribution >= 0.6 is 0 Å². The van der Waals surface area contributed by atoms with Gasteiger partial charge in [0.1, 0.15) is 0 Å². The minimum absolute atomic E-state index is 0.0690. The monoisotopic (exact) mass is 740 g/mol. The summed E-state index contributed by atoms with van der Waals surface area (Å²) in [6, 6.07) is 40.8. The fourth-order valence-corrected chi connectivity index (χ4v) is 9.66. The second kappa shape index (κ2) is 16.5. The smallest absolute Gasteiger partial charge is 0.0741 e. The third-order valence-corrected chi connectivity index (χ3v) is 12.4. The van der Waals surface area contributed by atoms with Gasteiger partial charge in [-0.05, 0) is 145 Å². The van der Waals surface area contributed by atoms with E-state index in [4.69, 9.17) is 0 Å². The van der Waals surface area contributed by atoms with E-state index in [0.29, 0.717) is 11.8 Å². The predicted molar refractivity (Wildman–Crippen MR) is 241 cm³/mol. The number of anilines is 3. The molecule has 1 aliphatic rings. The van der Waals surface area contributed by atoms with Gasteiger partial charge in [-0.15, -0.1) is 0 Å². The number of rotatable bonds is 9. The lowest BCUT2D eigenvalue weighted by Crippen LogP contribution is -2.36. The van der Waals surface area contributed by atoms with E-state index in [1.165, 1.54) is 82.5 Å². The van der Waals surface area contributed by atoms with Crippen molar-refractivity contribution in [2.75, 3.05) is 17.3 Å². The number of nitrogens with zero attached hydrogens (tertiary/aromatic N) is 1. The van der Waals surface area contributed by atoms with E-state index in [0.717, 1.165) is 37.1 Å². The van der Waals surface area contributed by atoms with Gasteiger partial charge in [0.25, 0.3) is 0 Å². The highest BCUT2D eigenvalue weighted by molar-refractivity contribution is 6.03. The zero-order chi connectivity index (χ0) is 39.7. The number of benzene rings is 6. The third kappa shape index (κ3) is 8.06. The molecule has 0 heterocycles. The number of hydrogen-bond donors (Lipinski definition) is 2. The van der Waals surface area contributed by atoms with Crippen molar-refractivity contribution in [2.24, 2.45) is 5.92 Å². The van der Waals surface area contributed by atoms with Crippen molar-refractivity contribution in [1.29, 1.82) is 0 Å². The molecule has 56 heavy (non-hydrogen) atoms. The molecular weight excluding hydrogens is 681 g/mol. The van der Waals surface area contributed by atoms with Crippen LogP contribution in [0.3, 0.4) is 0 Å². The van der Waals surface area contributed by atoms with Crippen molar-refractivity contribution >= 4 is 39.5 Å². The van der Waals surface area contributed by atoms with Gasteiger partial charge < -0.3 is 15.3 Å². The highest BCUT2D eigenvalue weighted by Crippen LogP contribution is 2.37. The van der Waals surface area contributed by atoms with E-state index in [1.54, 1.807) is 0 Å². The van der Waals surface area contributed by atoms with Gasteiger partial charge in [0.15, 0.2) is 0 Å². The average Bonchev–Trinajstić information content (AvgIpc) is 3.16. The summed E-state index contributed by atoms with van der Waals surface area (Å²) in [5.74, 6) is 0.788. The first kappa shape index (κ1) is 39.1. The van der Waals surface area contributed by atoms with Crippen LogP contribution in [-0.4, -0.2) is 24.3 Å². The Labute approximate surface area is 335 Å². The Bertz CT molecular complexity index is 2420. The molecule has 1 aliphatic carbocycles. The summed E-state index contributed by atoms with van der Waals surface area (Å²) >= 11 is 0. The molecule has 288 valence electrons. The molecule has 7 rings (SSSR count). The number of aryl methyl sites for hydroxylation is 6. The molecule has 3 nitrogen and oxygen atoms in total. The van der Waals surface area contributed by atoms with E-state index < -0.39 is 0 Å². The van der Waals surface area contributed by atoms with E-state index in [2.05, 4.69) is 188 Å². The van der Waals surface area contributed by atoms with Gasteiger partial charge in [-0.3, -0.25) is 0 Å². The van der Waals surface area contributed by atoms with Gasteiger partial charge >= 0.3 is 0 Å². The second-order valence-electron chi connectivity index (χ2n) is 16.8. The number of hydrogen-bond acceptors (Lipinski definition) is 3. The van der Waals surface area contributed by atoms with Crippen LogP contribution in [-0.2, 0) is 0 Å². The maximum Gasteiger partial charge on any atom is 0.0741 e. The molecule has 0 amide bonds. The van der Waals surface area contributed by atoms with Crippen LogP contribution in [0.2, 0.25) is 0 Å². The Balaban J connectivity index is 1.33. The largest absolute Gasteiger partial charge is 0.391 e. The fraction of sp³-hybridized carbons (Fsp3) is 0.321. The van der Waals surface area contributed by atoms with Crippen molar-refractivity contribution in [3.8, 4) is 0 Å².